The zero-order valence-electron chi connectivity index (χ0n) is 5.41. The summed E-state index contributed by atoms with van der Waals surface area (Å²) in [5, 5.41) is 17.3. The van der Waals surface area contributed by atoms with Crippen molar-refractivity contribution >= 4 is 24.2 Å². The minimum Gasteiger partial charge on any atom is -0.423 e. The molecule has 0 bridgehead atoms. The number of H-pyrrole nitrogens is 1. The number of hydrogen-bond acceptors (Lipinski definition) is 3. The first-order chi connectivity index (χ1) is 5.11. The van der Waals surface area contributed by atoms with Crippen LogP contribution < -0.4 is 11.0 Å². The predicted molar refractivity (Wildman–Crippen MR) is 41.9 cm³/mol. The molecule has 0 atom stereocenters. The number of halogens is 1. The maximum atomic E-state index is 10.8. The van der Waals surface area contributed by atoms with Crippen molar-refractivity contribution < 1.29 is 10.0 Å². The quantitative estimate of drug-likeness (QED) is 0.365. The largest absolute Gasteiger partial charge is 0.494 e. The summed E-state index contributed by atoms with van der Waals surface area (Å²) in [6.07, 6.45) is 0. The third-order valence-corrected chi connectivity index (χ3v) is 1.40. The Morgan fingerprint density at radius 1 is 1.45 bits per heavy atom. The van der Waals surface area contributed by atoms with Gasteiger partial charge in [-0.2, -0.15) is 0 Å². The fourth-order valence-electron chi connectivity index (χ4n) is 0.664. The Hall–Kier alpha value is -0.775. The van der Waals surface area contributed by atoms with Crippen LogP contribution in [-0.2, 0) is 0 Å². The molecule has 4 nitrogen and oxygen atoms in total. The molecular formula is C5H5BClNO3. The molecule has 1 heterocycles. The van der Waals surface area contributed by atoms with Gasteiger partial charge in [0.1, 0.15) is 5.15 Å². The van der Waals surface area contributed by atoms with E-state index in [1.165, 1.54) is 12.1 Å². The third-order valence-electron chi connectivity index (χ3n) is 1.18. The topological polar surface area (TPSA) is 73.3 Å². The normalized spacial score (nSPS) is 9.73. The minimum absolute atomic E-state index is 0.116. The van der Waals surface area contributed by atoms with E-state index in [4.69, 9.17) is 21.6 Å². The smallest absolute Gasteiger partial charge is 0.423 e. The van der Waals surface area contributed by atoms with Crippen molar-refractivity contribution in [1.29, 1.82) is 0 Å². The number of nitrogens with one attached hydrogen (secondary N) is 1. The molecule has 0 aliphatic carbocycles. The first kappa shape index (κ1) is 8.32. The molecular weight excluding hydrogens is 168 g/mol. The van der Waals surface area contributed by atoms with Crippen LogP contribution in [0.3, 0.4) is 0 Å². The molecule has 6 heteroatoms. The van der Waals surface area contributed by atoms with Gasteiger partial charge in [-0.1, -0.05) is 17.7 Å². The molecule has 0 spiro atoms. The van der Waals surface area contributed by atoms with E-state index < -0.39 is 12.7 Å². The van der Waals surface area contributed by atoms with Crippen molar-refractivity contribution in [3.8, 4) is 0 Å². The Bertz CT molecular complexity index is 311. The van der Waals surface area contributed by atoms with Crippen molar-refractivity contribution in [2.24, 2.45) is 0 Å². The highest BCUT2D eigenvalue weighted by Crippen LogP contribution is 1.95. The van der Waals surface area contributed by atoms with Crippen molar-refractivity contribution in [3.05, 3.63) is 27.6 Å². The maximum Gasteiger partial charge on any atom is 0.494 e. The van der Waals surface area contributed by atoms with Crippen molar-refractivity contribution in [2.75, 3.05) is 0 Å². The van der Waals surface area contributed by atoms with E-state index in [0.29, 0.717) is 0 Å². The first-order valence-electron chi connectivity index (χ1n) is 2.86. The van der Waals surface area contributed by atoms with E-state index in [-0.39, 0.29) is 10.6 Å². The molecule has 0 fully saturated rings. The van der Waals surface area contributed by atoms with Crippen molar-refractivity contribution in [1.82, 2.24) is 4.98 Å². The predicted octanol–water partition coefficient (Wildman–Crippen LogP) is -1.29. The fraction of sp³-hybridized carbons (Fsp3) is 0. The lowest BCUT2D eigenvalue weighted by molar-refractivity contribution is 0.425. The summed E-state index contributed by atoms with van der Waals surface area (Å²) in [4.78, 5) is 13.0. The average Bonchev–Trinajstić information content (AvgIpc) is 1.85. The molecule has 1 aromatic heterocycles. The summed E-state index contributed by atoms with van der Waals surface area (Å²) in [7, 11) is -1.75. The van der Waals surface area contributed by atoms with Crippen LogP contribution in [0.4, 0.5) is 0 Å². The minimum atomic E-state index is -1.75. The Labute approximate surface area is 67.6 Å². The lowest BCUT2D eigenvalue weighted by atomic mass is 9.81. The van der Waals surface area contributed by atoms with Gasteiger partial charge in [-0.15, -0.1) is 0 Å². The number of hydrogen-bond donors (Lipinski definition) is 3. The maximum absolute atomic E-state index is 10.8. The lowest BCUT2D eigenvalue weighted by Gasteiger charge is -1.96. The number of pyridine rings is 1. The molecule has 0 aliphatic rings. The van der Waals surface area contributed by atoms with Crippen LogP contribution in [0, 0.1) is 0 Å². The monoisotopic (exact) mass is 173 g/mol. The highest BCUT2D eigenvalue weighted by Gasteiger charge is 2.14. The van der Waals surface area contributed by atoms with Gasteiger partial charge in [-0.05, 0) is 6.07 Å². The molecule has 0 saturated heterocycles. The van der Waals surface area contributed by atoms with Gasteiger partial charge in [-0.25, -0.2) is 0 Å². The average molecular weight is 173 g/mol. The van der Waals surface area contributed by atoms with Gasteiger partial charge in [-0.3, -0.25) is 4.79 Å². The third kappa shape index (κ3) is 1.83. The summed E-state index contributed by atoms with van der Waals surface area (Å²) < 4.78 is 0. The molecule has 0 radical (unpaired) electrons. The van der Waals surface area contributed by atoms with Crippen LogP contribution in [0.2, 0.25) is 5.15 Å². The van der Waals surface area contributed by atoms with E-state index in [2.05, 4.69) is 4.98 Å². The molecule has 0 unspecified atom stereocenters. The van der Waals surface area contributed by atoms with Gasteiger partial charge >= 0.3 is 7.12 Å². The SMILES string of the molecule is O=c1[nH]c(Cl)ccc1B(O)O. The summed E-state index contributed by atoms with van der Waals surface area (Å²) in [5.41, 5.74) is -0.707. The van der Waals surface area contributed by atoms with Crippen LogP contribution in [-0.4, -0.2) is 22.2 Å². The number of aromatic amines is 1. The van der Waals surface area contributed by atoms with Crippen molar-refractivity contribution in [2.45, 2.75) is 0 Å². The van der Waals surface area contributed by atoms with E-state index >= 15 is 0 Å². The van der Waals surface area contributed by atoms with Gasteiger partial charge in [0.2, 0.25) is 5.56 Å². The van der Waals surface area contributed by atoms with Crippen LogP contribution in [0.5, 0.6) is 0 Å². The van der Waals surface area contributed by atoms with E-state index in [1.807, 2.05) is 0 Å². The molecule has 1 aromatic rings. The van der Waals surface area contributed by atoms with E-state index in [0.717, 1.165) is 0 Å². The van der Waals surface area contributed by atoms with Crippen LogP contribution in [0.1, 0.15) is 0 Å². The molecule has 1 rings (SSSR count). The van der Waals surface area contributed by atoms with Crippen LogP contribution >= 0.6 is 11.6 Å². The summed E-state index contributed by atoms with van der Waals surface area (Å²) in [6.45, 7) is 0. The van der Waals surface area contributed by atoms with Gasteiger partial charge in [0.25, 0.3) is 0 Å². The Kier molecular flexibility index (Phi) is 2.33. The molecule has 0 aliphatic heterocycles. The van der Waals surface area contributed by atoms with Crippen molar-refractivity contribution in [3.63, 3.8) is 0 Å². The Balaban J connectivity index is 3.21. The van der Waals surface area contributed by atoms with E-state index in [1.54, 1.807) is 0 Å². The Morgan fingerprint density at radius 2 is 2.09 bits per heavy atom. The summed E-state index contributed by atoms with van der Waals surface area (Å²) >= 11 is 5.40. The van der Waals surface area contributed by atoms with Gasteiger partial charge in [0, 0.05) is 5.46 Å². The zero-order chi connectivity index (χ0) is 8.43. The molecule has 0 saturated carbocycles. The number of rotatable bonds is 1. The molecule has 0 aromatic carbocycles. The highest BCUT2D eigenvalue weighted by molar-refractivity contribution is 6.58. The van der Waals surface area contributed by atoms with Gasteiger partial charge < -0.3 is 15.0 Å². The second-order valence-electron chi connectivity index (χ2n) is 1.96. The van der Waals surface area contributed by atoms with Crippen LogP contribution in [0.15, 0.2) is 16.9 Å². The summed E-state index contributed by atoms with van der Waals surface area (Å²) in [5.74, 6) is 0. The Morgan fingerprint density at radius 3 is 2.55 bits per heavy atom. The highest BCUT2D eigenvalue weighted by atomic mass is 35.5. The molecule has 3 N–H and O–H groups in total. The number of aromatic nitrogens is 1. The second-order valence-corrected chi connectivity index (χ2v) is 2.37. The second kappa shape index (κ2) is 3.08. The lowest BCUT2D eigenvalue weighted by Crippen LogP contribution is -2.42. The molecule has 11 heavy (non-hydrogen) atoms. The summed E-state index contributed by atoms with van der Waals surface area (Å²) in [6, 6.07) is 2.63. The standard InChI is InChI=1S/C5H5BClNO3/c7-4-2-1-3(6(10)11)5(9)8-4/h1-2,10-11H,(H,8,9). The van der Waals surface area contributed by atoms with Crippen LogP contribution in [0.25, 0.3) is 0 Å². The van der Waals surface area contributed by atoms with E-state index in [9.17, 15) is 4.79 Å². The van der Waals surface area contributed by atoms with Gasteiger partial charge in [0.15, 0.2) is 0 Å². The zero-order valence-corrected chi connectivity index (χ0v) is 6.17. The fourth-order valence-corrected chi connectivity index (χ4v) is 0.813. The first-order valence-corrected chi connectivity index (χ1v) is 3.24. The van der Waals surface area contributed by atoms with Gasteiger partial charge in [0.05, 0.1) is 0 Å². The molecule has 0 amide bonds. The molecule has 58 valence electrons.